The summed E-state index contributed by atoms with van der Waals surface area (Å²) in [5, 5.41) is 20.0. The minimum Gasteiger partial charge on any atom is -0.507 e. The van der Waals surface area contributed by atoms with E-state index in [-0.39, 0.29) is 22.2 Å². The number of phenolic OH excluding ortho intramolecular Hbond substituents is 1. The predicted molar refractivity (Wildman–Crippen MR) is 118 cm³/mol. The number of phenols is 1. The molecule has 2 heterocycles. The number of nitrogens with one attached hydrogen (secondary N) is 3. The molecule has 0 spiro atoms. The number of hydrogen-bond donors (Lipinski definition) is 4. The lowest BCUT2D eigenvalue weighted by molar-refractivity contribution is -0.116. The standard InChI is InChI=1S/C24H31N3O3/c1-23(2,3)13-10-12(11-14(20(13)29)24(4,5)6)17-18-15(8-7-9-16(18)28)25-21-19(17)22(30)27-26-21/h10-11,17,29H,7-9H2,1-6H3,(H3,25,26,27,30)/t17-/m1/s1. The van der Waals surface area contributed by atoms with E-state index in [0.717, 1.165) is 35.2 Å². The van der Waals surface area contributed by atoms with Gasteiger partial charge in [-0.25, -0.2) is 0 Å². The van der Waals surface area contributed by atoms with Crippen LogP contribution in [0, 0.1) is 0 Å². The van der Waals surface area contributed by atoms with Gasteiger partial charge in [-0.05, 0) is 40.4 Å². The van der Waals surface area contributed by atoms with E-state index in [1.807, 2.05) is 12.1 Å². The Hall–Kier alpha value is -2.76. The summed E-state index contributed by atoms with van der Waals surface area (Å²) in [6, 6.07) is 3.95. The summed E-state index contributed by atoms with van der Waals surface area (Å²) >= 11 is 0. The van der Waals surface area contributed by atoms with Crippen LogP contribution in [0.15, 0.2) is 28.2 Å². The second kappa shape index (κ2) is 6.62. The first-order valence-corrected chi connectivity index (χ1v) is 10.6. The van der Waals surface area contributed by atoms with Gasteiger partial charge in [-0.1, -0.05) is 53.7 Å². The molecule has 0 bridgehead atoms. The molecule has 0 amide bonds. The highest BCUT2D eigenvalue weighted by molar-refractivity contribution is 6.00. The van der Waals surface area contributed by atoms with Gasteiger partial charge in [0.15, 0.2) is 5.78 Å². The van der Waals surface area contributed by atoms with Crippen molar-refractivity contribution in [1.82, 2.24) is 10.2 Å². The summed E-state index contributed by atoms with van der Waals surface area (Å²) in [7, 11) is 0. The first-order chi connectivity index (χ1) is 13.9. The van der Waals surface area contributed by atoms with Gasteiger partial charge in [0.05, 0.1) is 5.56 Å². The van der Waals surface area contributed by atoms with Crippen molar-refractivity contribution in [3.05, 3.63) is 56.0 Å². The van der Waals surface area contributed by atoms with Crippen LogP contribution in [0.3, 0.4) is 0 Å². The van der Waals surface area contributed by atoms with Crippen LogP contribution in [0.2, 0.25) is 0 Å². The number of H-pyrrole nitrogens is 2. The molecule has 1 aromatic carbocycles. The van der Waals surface area contributed by atoms with Gasteiger partial charge in [-0.2, -0.15) is 0 Å². The SMILES string of the molecule is CC(C)(C)c1cc([C@@H]2C3=C(CCCC3=O)Nc3[nH][nH]c(=O)c32)cc(C(C)(C)C)c1O. The normalized spacial score (nSPS) is 19.4. The molecule has 0 saturated heterocycles. The summed E-state index contributed by atoms with van der Waals surface area (Å²) < 4.78 is 0. The Morgan fingerprint density at radius 2 is 1.53 bits per heavy atom. The summed E-state index contributed by atoms with van der Waals surface area (Å²) in [5.41, 5.74) is 3.81. The molecule has 4 rings (SSSR count). The molecule has 1 aliphatic heterocycles. The second-order valence-corrected chi connectivity index (χ2v) is 10.6. The van der Waals surface area contributed by atoms with Crippen molar-refractivity contribution in [2.75, 3.05) is 5.32 Å². The van der Waals surface area contributed by atoms with Crippen LogP contribution in [-0.4, -0.2) is 21.1 Å². The number of carbonyl (C=O) groups excluding carboxylic acids is 1. The quantitative estimate of drug-likeness (QED) is 0.555. The van der Waals surface area contributed by atoms with Crippen LogP contribution >= 0.6 is 0 Å². The van der Waals surface area contributed by atoms with Gasteiger partial charge in [0.2, 0.25) is 0 Å². The van der Waals surface area contributed by atoms with Crippen LogP contribution in [-0.2, 0) is 15.6 Å². The van der Waals surface area contributed by atoms with Gasteiger partial charge in [-0.3, -0.25) is 19.8 Å². The minimum atomic E-state index is -0.457. The maximum absolute atomic E-state index is 13.0. The lowest BCUT2D eigenvalue weighted by Crippen LogP contribution is -2.29. The molecule has 0 saturated carbocycles. The van der Waals surface area contributed by atoms with Gasteiger partial charge in [0.25, 0.3) is 5.56 Å². The van der Waals surface area contributed by atoms with Crippen molar-refractivity contribution < 1.29 is 9.90 Å². The van der Waals surface area contributed by atoms with Gasteiger partial charge in [0, 0.05) is 23.6 Å². The maximum atomic E-state index is 13.0. The Labute approximate surface area is 176 Å². The van der Waals surface area contributed by atoms with Crippen molar-refractivity contribution in [3.8, 4) is 5.75 Å². The molecule has 6 nitrogen and oxygen atoms in total. The van der Waals surface area contributed by atoms with Crippen LogP contribution in [0.4, 0.5) is 5.82 Å². The third kappa shape index (κ3) is 3.18. The van der Waals surface area contributed by atoms with Crippen molar-refractivity contribution in [2.45, 2.75) is 77.6 Å². The molecule has 2 aliphatic rings. The number of aromatic amines is 2. The van der Waals surface area contributed by atoms with E-state index >= 15 is 0 Å². The van der Waals surface area contributed by atoms with E-state index in [9.17, 15) is 14.7 Å². The van der Waals surface area contributed by atoms with Crippen molar-refractivity contribution >= 4 is 11.6 Å². The van der Waals surface area contributed by atoms with E-state index < -0.39 is 5.92 Å². The molecule has 4 N–H and O–H groups in total. The van der Waals surface area contributed by atoms with Crippen LogP contribution in [0.1, 0.15) is 89.0 Å². The number of fused-ring (bicyclic) bond motifs is 1. The van der Waals surface area contributed by atoms with E-state index in [0.29, 0.717) is 29.1 Å². The second-order valence-electron chi connectivity index (χ2n) is 10.6. The predicted octanol–water partition coefficient (Wildman–Crippen LogP) is 4.57. The van der Waals surface area contributed by atoms with Crippen LogP contribution in [0.25, 0.3) is 0 Å². The molecule has 160 valence electrons. The van der Waals surface area contributed by atoms with E-state index in [2.05, 4.69) is 57.1 Å². The zero-order valence-corrected chi connectivity index (χ0v) is 18.6. The molecule has 1 aromatic heterocycles. The zero-order chi connectivity index (χ0) is 22.0. The van der Waals surface area contributed by atoms with E-state index in [4.69, 9.17) is 0 Å². The molecule has 6 heteroatoms. The largest absolute Gasteiger partial charge is 0.507 e. The van der Waals surface area contributed by atoms with Crippen molar-refractivity contribution in [2.24, 2.45) is 0 Å². The van der Waals surface area contributed by atoms with Gasteiger partial charge >= 0.3 is 0 Å². The monoisotopic (exact) mass is 409 g/mol. The molecule has 30 heavy (non-hydrogen) atoms. The van der Waals surface area contributed by atoms with Crippen molar-refractivity contribution in [1.29, 1.82) is 0 Å². The summed E-state index contributed by atoms with van der Waals surface area (Å²) in [5.74, 6) is 0.547. The fourth-order valence-corrected chi connectivity index (χ4v) is 4.67. The molecule has 1 aliphatic carbocycles. The number of carbonyl (C=O) groups is 1. The lowest BCUT2D eigenvalue weighted by atomic mass is 9.72. The van der Waals surface area contributed by atoms with Gasteiger partial charge < -0.3 is 10.4 Å². The Bertz CT molecular complexity index is 1080. The van der Waals surface area contributed by atoms with Crippen LogP contribution < -0.4 is 10.9 Å². The summed E-state index contributed by atoms with van der Waals surface area (Å²) in [6.45, 7) is 12.4. The maximum Gasteiger partial charge on any atom is 0.270 e. The average Bonchev–Trinajstić information content (AvgIpc) is 2.99. The fraction of sp³-hybridized carbons (Fsp3) is 0.500. The number of rotatable bonds is 1. The Balaban J connectivity index is 2.05. The fourth-order valence-electron chi connectivity index (χ4n) is 4.67. The lowest BCUT2D eigenvalue weighted by Gasteiger charge is -2.34. The third-order valence-corrected chi connectivity index (χ3v) is 6.21. The molecular formula is C24H31N3O3. The highest BCUT2D eigenvalue weighted by Gasteiger charge is 2.39. The Morgan fingerprint density at radius 3 is 2.10 bits per heavy atom. The number of benzene rings is 1. The topological polar surface area (TPSA) is 98.0 Å². The molecule has 0 radical (unpaired) electrons. The zero-order valence-electron chi connectivity index (χ0n) is 18.6. The van der Waals surface area contributed by atoms with E-state index in [1.54, 1.807) is 0 Å². The first-order valence-electron chi connectivity index (χ1n) is 10.6. The number of hydrogen-bond acceptors (Lipinski definition) is 4. The third-order valence-electron chi connectivity index (χ3n) is 6.21. The molecular weight excluding hydrogens is 378 g/mol. The summed E-state index contributed by atoms with van der Waals surface area (Å²) in [4.78, 5) is 25.8. The minimum absolute atomic E-state index is 0.0858. The first kappa shape index (κ1) is 20.5. The molecule has 2 aromatic rings. The van der Waals surface area contributed by atoms with Gasteiger partial charge in [0.1, 0.15) is 11.6 Å². The Morgan fingerprint density at radius 1 is 0.933 bits per heavy atom. The molecule has 0 unspecified atom stereocenters. The molecule has 1 atom stereocenters. The highest BCUT2D eigenvalue weighted by Crippen LogP contribution is 2.47. The number of anilines is 1. The average molecular weight is 410 g/mol. The number of aromatic hydroxyl groups is 1. The van der Waals surface area contributed by atoms with Crippen LogP contribution in [0.5, 0.6) is 5.75 Å². The number of allylic oxidation sites excluding steroid dienone is 2. The van der Waals surface area contributed by atoms with Crippen molar-refractivity contribution in [3.63, 3.8) is 0 Å². The smallest absolute Gasteiger partial charge is 0.270 e. The molecule has 0 fully saturated rings. The summed E-state index contributed by atoms with van der Waals surface area (Å²) in [6.07, 6.45) is 2.07. The number of ketones is 1. The van der Waals surface area contributed by atoms with E-state index in [1.165, 1.54) is 0 Å². The number of Topliss-reactive ketones (excluding diaryl/α,β-unsaturated/α-hetero) is 1. The highest BCUT2D eigenvalue weighted by atomic mass is 16.3. The van der Waals surface area contributed by atoms with Gasteiger partial charge in [-0.15, -0.1) is 0 Å². The Kier molecular flexibility index (Phi) is 4.53. The number of aromatic nitrogens is 2.